The van der Waals surface area contributed by atoms with Crippen LogP contribution in [0, 0.1) is 5.92 Å². The topological polar surface area (TPSA) is 54.4 Å². The summed E-state index contributed by atoms with van der Waals surface area (Å²) in [4.78, 5) is 26.8. The van der Waals surface area contributed by atoms with E-state index in [4.69, 9.17) is 4.99 Å². The van der Waals surface area contributed by atoms with Crippen molar-refractivity contribution in [2.45, 2.75) is 52.4 Å². The molecule has 0 spiro atoms. The Morgan fingerprint density at radius 2 is 1.55 bits per heavy atom. The van der Waals surface area contributed by atoms with E-state index in [1.54, 1.807) is 0 Å². The lowest BCUT2D eigenvalue weighted by Crippen LogP contribution is -2.54. The molecule has 0 aromatic heterocycles. The fourth-order valence-corrected chi connectivity index (χ4v) is 4.92. The Bertz CT molecular complexity index is 538. The highest BCUT2D eigenvalue weighted by molar-refractivity contribution is 14.0. The first-order valence-corrected chi connectivity index (χ1v) is 12.4. The summed E-state index contributed by atoms with van der Waals surface area (Å²) in [5.74, 6) is 2.21. The van der Waals surface area contributed by atoms with E-state index in [9.17, 15) is 4.79 Å². The highest BCUT2D eigenvalue weighted by Crippen LogP contribution is 2.20. The van der Waals surface area contributed by atoms with Crippen molar-refractivity contribution in [3.8, 4) is 0 Å². The number of nitrogens with one attached hydrogen (secondary N) is 1. The SMILES string of the molecule is CCNC(=NCCC1CCN(CC)CC1)N1CCN(CC(=O)N2CCCCC2)CC1.I. The second kappa shape index (κ2) is 14.5. The molecule has 31 heavy (non-hydrogen) atoms. The minimum absolute atomic E-state index is 0. The standard InChI is InChI=1S/C23H44N6O.HI/c1-3-24-23(25-11-8-21-9-14-26(4-2)15-10-21)29-18-16-27(17-19-29)20-22(30)28-12-6-5-7-13-28;/h21H,3-20H2,1-2H3,(H,24,25);1H. The van der Waals surface area contributed by atoms with Crippen LogP contribution in [0.5, 0.6) is 0 Å². The molecule has 0 atom stereocenters. The molecule has 0 aromatic carbocycles. The van der Waals surface area contributed by atoms with Crippen LogP contribution >= 0.6 is 24.0 Å². The Morgan fingerprint density at radius 3 is 2.16 bits per heavy atom. The lowest BCUT2D eigenvalue weighted by Gasteiger charge is -2.37. The van der Waals surface area contributed by atoms with Crippen molar-refractivity contribution in [3.63, 3.8) is 0 Å². The Balaban J connectivity index is 0.00000341. The molecule has 0 saturated carbocycles. The van der Waals surface area contributed by atoms with Crippen LogP contribution in [-0.4, -0.2) is 110 Å². The lowest BCUT2D eigenvalue weighted by atomic mass is 9.94. The molecule has 8 heteroatoms. The van der Waals surface area contributed by atoms with E-state index >= 15 is 0 Å². The molecular formula is C23H45IN6O. The van der Waals surface area contributed by atoms with Gasteiger partial charge >= 0.3 is 0 Å². The van der Waals surface area contributed by atoms with Crippen LogP contribution in [0.3, 0.4) is 0 Å². The van der Waals surface area contributed by atoms with E-state index in [1.807, 2.05) is 0 Å². The summed E-state index contributed by atoms with van der Waals surface area (Å²) in [7, 11) is 0. The van der Waals surface area contributed by atoms with Gasteiger partial charge < -0.3 is 20.0 Å². The third kappa shape index (κ3) is 8.68. The lowest BCUT2D eigenvalue weighted by molar-refractivity contribution is -0.133. The van der Waals surface area contributed by atoms with Gasteiger partial charge in [-0.3, -0.25) is 14.7 Å². The Hall–Kier alpha value is -0.610. The summed E-state index contributed by atoms with van der Waals surface area (Å²) in [6.07, 6.45) is 7.45. The van der Waals surface area contributed by atoms with Crippen LogP contribution in [0.1, 0.15) is 52.4 Å². The van der Waals surface area contributed by atoms with E-state index in [0.29, 0.717) is 12.5 Å². The van der Waals surface area contributed by atoms with E-state index < -0.39 is 0 Å². The molecule has 3 fully saturated rings. The Labute approximate surface area is 207 Å². The molecule has 3 aliphatic rings. The number of piperidine rings is 2. The molecule has 1 N–H and O–H groups in total. The van der Waals surface area contributed by atoms with Crippen LogP contribution in [-0.2, 0) is 4.79 Å². The summed E-state index contributed by atoms with van der Waals surface area (Å²) in [5, 5.41) is 3.49. The molecule has 0 unspecified atom stereocenters. The van der Waals surface area contributed by atoms with E-state index in [2.05, 4.69) is 38.8 Å². The molecule has 0 aliphatic carbocycles. The number of halogens is 1. The smallest absolute Gasteiger partial charge is 0.236 e. The zero-order valence-corrected chi connectivity index (χ0v) is 22.2. The number of piperazine rings is 1. The second-order valence-electron chi connectivity index (χ2n) is 9.11. The average Bonchev–Trinajstić information content (AvgIpc) is 2.80. The number of rotatable bonds is 7. The highest BCUT2D eigenvalue weighted by Gasteiger charge is 2.24. The number of amides is 1. The van der Waals surface area contributed by atoms with Gasteiger partial charge in [0.25, 0.3) is 0 Å². The number of hydrogen-bond acceptors (Lipinski definition) is 4. The number of carbonyl (C=O) groups is 1. The minimum Gasteiger partial charge on any atom is -0.357 e. The quantitative estimate of drug-likeness (QED) is 0.301. The van der Waals surface area contributed by atoms with E-state index in [0.717, 1.165) is 64.2 Å². The average molecular weight is 549 g/mol. The first kappa shape index (κ1) is 26.6. The molecule has 1 amide bonds. The third-order valence-corrected chi connectivity index (χ3v) is 7.03. The number of guanidine groups is 1. The van der Waals surface area contributed by atoms with Crippen LogP contribution in [0.2, 0.25) is 0 Å². The minimum atomic E-state index is 0. The first-order chi connectivity index (χ1) is 14.7. The predicted octanol–water partition coefficient (Wildman–Crippen LogP) is 2.32. The summed E-state index contributed by atoms with van der Waals surface area (Å²) in [6.45, 7) is 16.2. The molecule has 0 aromatic rings. The Kier molecular flexibility index (Phi) is 12.5. The van der Waals surface area contributed by atoms with Crippen molar-refractivity contribution >= 4 is 35.8 Å². The van der Waals surface area contributed by atoms with Gasteiger partial charge in [0.15, 0.2) is 5.96 Å². The van der Waals surface area contributed by atoms with Gasteiger partial charge in [-0.25, -0.2) is 0 Å². The maximum absolute atomic E-state index is 12.5. The van der Waals surface area contributed by atoms with Crippen LogP contribution in [0.25, 0.3) is 0 Å². The summed E-state index contributed by atoms with van der Waals surface area (Å²) in [5.41, 5.74) is 0. The molecule has 3 rings (SSSR count). The van der Waals surface area contributed by atoms with Gasteiger partial charge in [0.05, 0.1) is 6.54 Å². The first-order valence-electron chi connectivity index (χ1n) is 12.4. The maximum Gasteiger partial charge on any atom is 0.236 e. The molecule has 3 aliphatic heterocycles. The number of nitrogens with zero attached hydrogens (tertiary/aromatic N) is 5. The highest BCUT2D eigenvalue weighted by atomic mass is 127. The normalized spacial score (nSPS) is 22.3. The fourth-order valence-electron chi connectivity index (χ4n) is 4.92. The predicted molar refractivity (Wildman–Crippen MR) is 139 cm³/mol. The van der Waals surface area contributed by atoms with Crippen molar-refractivity contribution in [1.82, 2.24) is 24.9 Å². The van der Waals surface area contributed by atoms with Crippen molar-refractivity contribution in [2.75, 3.05) is 78.5 Å². The molecule has 7 nitrogen and oxygen atoms in total. The van der Waals surface area contributed by atoms with Gasteiger partial charge in [-0.05, 0) is 71.0 Å². The number of likely N-dealkylation sites (tertiary alicyclic amines) is 2. The second-order valence-corrected chi connectivity index (χ2v) is 9.11. The van der Waals surface area contributed by atoms with Gasteiger partial charge in [0.2, 0.25) is 5.91 Å². The zero-order chi connectivity index (χ0) is 21.2. The van der Waals surface area contributed by atoms with Crippen LogP contribution < -0.4 is 5.32 Å². The van der Waals surface area contributed by atoms with Crippen molar-refractivity contribution in [2.24, 2.45) is 10.9 Å². The summed E-state index contributed by atoms with van der Waals surface area (Å²) >= 11 is 0. The number of aliphatic imine (C=N–C) groups is 1. The summed E-state index contributed by atoms with van der Waals surface area (Å²) < 4.78 is 0. The number of carbonyl (C=O) groups excluding carboxylic acids is 1. The maximum atomic E-state index is 12.5. The van der Waals surface area contributed by atoms with Gasteiger partial charge in [0, 0.05) is 52.4 Å². The molecule has 0 bridgehead atoms. The van der Waals surface area contributed by atoms with Crippen molar-refractivity contribution in [3.05, 3.63) is 0 Å². The Morgan fingerprint density at radius 1 is 0.871 bits per heavy atom. The van der Waals surface area contributed by atoms with Gasteiger partial charge in [0.1, 0.15) is 0 Å². The third-order valence-electron chi connectivity index (χ3n) is 7.03. The molecular weight excluding hydrogens is 503 g/mol. The monoisotopic (exact) mass is 548 g/mol. The van der Waals surface area contributed by atoms with Crippen LogP contribution in [0.15, 0.2) is 4.99 Å². The van der Waals surface area contributed by atoms with Crippen LogP contribution in [0.4, 0.5) is 0 Å². The fraction of sp³-hybridized carbons (Fsp3) is 0.913. The van der Waals surface area contributed by atoms with Crippen molar-refractivity contribution < 1.29 is 4.79 Å². The van der Waals surface area contributed by atoms with E-state index in [1.165, 1.54) is 58.2 Å². The zero-order valence-electron chi connectivity index (χ0n) is 19.9. The van der Waals surface area contributed by atoms with Gasteiger partial charge in [-0.15, -0.1) is 24.0 Å². The molecule has 180 valence electrons. The largest absolute Gasteiger partial charge is 0.357 e. The molecule has 3 saturated heterocycles. The van der Waals surface area contributed by atoms with Gasteiger partial charge in [-0.2, -0.15) is 0 Å². The van der Waals surface area contributed by atoms with Crippen molar-refractivity contribution in [1.29, 1.82) is 0 Å². The summed E-state index contributed by atoms with van der Waals surface area (Å²) in [6, 6.07) is 0. The van der Waals surface area contributed by atoms with E-state index in [-0.39, 0.29) is 24.0 Å². The molecule has 3 heterocycles. The number of hydrogen-bond donors (Lipinski definition) is 1. The molecule has 0 radical (unpaired) electrons. The van der Waals surface area contributed by atoms with Gasteiger partial charge in [-0.1, -0.05) is 6.92 Å².